The maximum atomic E-state index is 5.79. The summed E-state index contributed by atoms with van der Waals surface area (Å²) in [6.07, 6.45) is 5.27. The quantitative estimate of drug-likeness (QED) is 0.864. The van der Waals surface area contributed by atoms with Gasteiger partial charge in [-0.25, -0.2) is 0 Å². The van der Waals surface area contributed by atoms with E-state index < -0.39 is 0 Å². The van der Waals surface area contributed by atoms with E-state index in [1.165, 1.54) is 43.5 Å². The summed E-state index contributed by atoms with van der Waals surface area (Å²) in [5.41, 5.74) is 8.52. The number of rotatable bonds is 4. The first-order valence-corrected chi connectivity index (χ1v) is 6.82. The monoisotopic (exact) mass is 232 g/mol. The molecule has 1 aromatic carbocycles. The van der Waals surface area contributed by atoms with Crippen molar-refractivity contribution in [1.29, 1.82) is 0 Å². The third kappa shape index (κ3) is 3.30. The van der Waals surface area contributed by atoms with Crippen LogP contribution in [-0.4, -0.2) is 24.0 Å². The van der Waals surface area contributed by atoms with Crippen LogP contribution in [0.25, 0.3) is 0 Å². The van der Waals surface area contributed by atoms with Gasteiger partial charge in [-0.15, -0.1) is 0 Å². The molecule has 2 rings (SSSR count). The molecule has 1 saturated heterocycles. The molecule has 1 fully saturated rings. The van der Waals surface area contributed by atoms with Crippen molar-refractivity contribution in [2.45, 2.75) is 45.2 Å². The molecule has 0 aromatic heterocycles. The molecule has 1 atom stereocenters. The van der Waals surface area contributed by atoms with Gasteiger partial charge in [0.1, 0.15) is 0 Å². The second-order valence-electron chi connectivity index (χ2n) is 5.12. The maximum Gasteiger partial charge on any atom is 0.0180 e. The van der Waals surface area contributed by atoms with Crippen LogP contribution in [-0.2, 0) is 13.0 Å². The van der Waals surface area contributed by atoms with E-state index in [1.54, 1.807) is 0 Å². The molecular formula is C15H24N2. The van der Waals surface area contributed by atoms with Gasteiger partial charge in [0.15, 0.2) is 0 Å². The summed E-state index contributed by atoms with van der Waals surface area (Å²) in [7, 11) is 0. The van der Waals surface area contributed by atoms with E-state index in [4.69, 9.17) is 5.73 Å². The van der Waals surface area contributed by atoms with E-state index >= 15 is 0 Å². The van der Waals surface area contributed by atoms with Crippen LogP contribution in [0.1, 0.15) is 37.3 Å². The Kier molecular flexibility index (Phi) is 4.57. The van der Waals surface area contributed by atoms with Gasteiger partial charge in [-0.2, -0.15) is 0 Å². The standard InChI is InChI=1S/C15H24N2/c1-13(17-9-5-2-6-10-17)11-14-7-3-4-8-15(14)12-16/h3-4,7-8,13H,2,5-6,9-12,16H2,1H3. The van der Waals surface area contributed by atoms with Crippen LogP contribution in [0, 0.1) is 0 Å². The zero-order chi connectivity index (χ0) is 12.1. The number of likely N-dealkylation sites (tertiary alicyclic amines) is 1. The molecular weight excluding hydrogens is 208 g/mol. The van der Waals surface area contributed by atoms with Gasteiger partial charge in [-0.3, -0.25) is 0 Å². The molecule has 1 aromatic rings. The summed E-state index contributed by atoms with van der Waals surface area (Å²) in [6, 6.07) is 9.22. The van der Waals surface area contributed by atoms with Gasteiger partial charge in [-0.1, -0.05) is 30.7 Å². The van der Waals surface area contributed by atoms with Gasteiger partial charge in [0, 0.05) is 12.6 Å². The zero-order valence-corrected chi connectivity index (χ0v) is 10.9. The molecule has 1 aliphatic heterocycles. The second-order valence-corrected chi connectivity index (χ2v) is 5.12. The minimum Gasteiger partial charge on any atom is -0.326 e. The second kappa shape index (κ2) is 6.18. The van der Waals surface area contributed by atoms with Crippen LogP contribution < -0.4 is 5.73 Å². The molecule has 1 aliphatic rings. The topological polar surface area (TPSA) is 29.3 Å². The van der Waals surface area contributed by atoms with Crippen LogP contribution in [0.2, 0.25) is 0 Å². The molecule has 17 heavy (non-hydrogen) atoms. The first-order valence-electron chi connectivity index (χ1n) is 6.82. The Labute approximate surface area is 105 Å². The fourth-order valence-corrected chi connectivity index (χ4v) is 2.76. The van der Waals surface area contributed by atoms with Gasteiger partial charge in [0.2, 0.25) is 0 Å². The van der Waals surface area contributed by atoms with Crippen molar-refractivity contribution >= 4 is 0 Å². The molecule has 0 amide bonds. The number of benzene rings is 1. The normalized spacial score (nSPS) is 19.2. The van der Waals surface area contributed by atoms with Crippen molar-refractivity contribution in [2.24, 2.45) is 5.73 Å². The molecule has 0 spiro atoms. The predicted molar refractivity (Wildman–Crippen MR) is 72.9 cm³/mol. The summed E-state index contributed by atoms with van der Waals surface area (Å²) in [5, 5.41) is 0. The highest BCUT2D eigenvalue weighted by molar-refractivity contribution is 5.27. The highest BCUT2D eigenvalue weighted by atomic mass is 15.1. The average molecular weight is 232 g/mol. The van der Waals surface area contributed by atoms with E-state index in [1.807, 2.05) is 0 Å². The number of hydrogen-bond donors (Lipinski definition) is 1. The van der Waals surface area contributed by atoms with Crippen LogP contribution >= 0.6 is 0 Å². The largest absolute Gasteiger partial charge is 0.326 e. The molecule has 0 saturated carbocycles. The van der Waals surface area contributed by atoms with Gasteiger partial charge in [-0.05, 0) is 50.4 Å². The van der Waals surface area contributed by atoms with E-state index in [0.717, 1.165) is 6.42 Å². The summed E-state index contributed by atoms with van der Waals surface area (Å²) in [4.78, 5) is 2.62. The molecule has 1 heterocycles. The van der Waals surface area contributed by atoms with Crippen molar-refractivity contribution in [1.82, 2.24) is 4.90 Å². The minimum atomic E-state index is 0.642. The lowest BCUT2D eigenvalue weighted by Gasteiger charge is -2.32. The fourth-order valence-electron chi connectivity index (χ4n) is 2.76. The number of piperidine rings is 1. The lowest BCUT2D eigenvalue weighted by atomic mass is 9.99. The molecule has 2 heteroatoms. The SMILES string of the molecule is CC(Cc1ccccc1CN)N1CCCCC1. The highest BCUT2D eigenvalue weighted by Gasteiger charge is 2.17. The Morgan fingerprint density at radius 1 is 1.12 bits per heavy atom. The lowest BCUT2D eigenvalue weighted by molar-refractivity contribution is 0.173. The van der Waals surface area contributed by atoms with Gasteiger partial charge in [0.25, 0.3) is 0 Å². The smallest absolute Gasteiger partial charge is 0.0180 e. The fraction of sp³-hybridized carbons (Fsp3) is 0.600. The van der Waals surface area contributed by atoms with Crippen molar-refractivity contribution in [3.8, 4) is 0 Å². The van der Waals surface area contributed by atoms with E-state index in [-0.39, 0.29) is 0 Å². The van der Waals surface area contributed by atoms with Crippen LogP contribution in [0.3, 0.4) is 0 Å². The Hall–Kier alpha value is -0.860. The maximum absolute atomic E-state index is 5.79. The number of nitrogens with zero attached hydrogens (tertiary/aromatic N) is 1. The third-order valence-electron chi connectivity index (χ3n) is 3.87. The van der Waals surface area contributed by atoms with E-state index in [9.17, 15) is 0 Å². The molecule has 2 N–H and O–H groups in total. The van der Waals surface area contributed by atoms with Crippen molar-refractivity contribution in [3.05, 3.63) is 35.4 Å². The molecule has 0 aliphatic carbocycles. The molecule has 0 radical (unpaired) electrons. The van der Waals surface area contributed by atoms with Crippen LogP contribution in [0.4, 0.5) is 0 Å². The number of nitrogens with two attached hydrogens (primary N) is 1. The average Bonchev–Trinajstić information content (AvgIpc) is 2.40. The van der Waals surface area contributed by atoms with E-state index in [0.29, 0.717) is 12.6 Å². The van der Waals surface area contributed by atoms with Gasteiger partial charge < -0.3 is 10.6 Å². The lowest BCUT2D eigenvalue weighted by Crippen LogP contribution is -2.38. The van der Waals surface area contributed by atoms with Gasteiger partial charge in [0.05, 0.1) is 0 Å². The van der Waals surface area contributed by atoms with E-state index in [2.05, 4.69) is 36.1 Å². The van der Waals surface area contributed by atoms with Crippen molar-refractivity contribution in [2.75, 3.05) is 13.1 Å². The Balaban J connectivity index is 1.99. The minimum absolute atomic E-state index is 0.642. The summed E-state index contributed by atoms with van der Waals surface area (Å²) < 4.78 is 0. The van der Waals surface area contributed by atoms with Crippen molar-refractivity contribution in [3.63, 3.8) is 0 Å². The van der Waals surface area contributed by atoms with Gasteiger partial charge >= 0.3 is 0 Å². The summed E-state index contributed by atoms with van der Waals surface area (Å²) >= 11 is 0. The Bertz CT molecular complexity index is 343. The molecule has 2 nitrogen and oxygen atoms in total. The predicted octanol–water partition coefficient (Wildman–Crippen LogP) is 2.56. The third-order valence-corrected chi connectivity index (χ3v) is 3.87. The zero-order valence-electron chi connectivity index (χ0n) is 10.9. The highest BCUT2D eigenvalue weighted by Crippen LogP contribution is 2.17. The summed E-state index contributed by atoms with van der Waals surface area (Å²) in [6.45, 7) is 5.54. The van der Waals surface area contributed by atoms with Crippen LogP contribution in [0.5, 0.6) is 0 Å². The molecule has 94 valence electrons. The first kappa shape index (κ1) is 12.6. The van der Waals surface area contributed by atoms with Crippen LogP contribution in [0.15, 0.2) is 24.3 Å². The summed E-state index contributed by atoms with van der Waals surface area (Å²) in [5.74, 6) is 0. The number of hydrogen-bond acceptors (Lipinski definition) is 2. The first-order chi connectivity index (χ1) is 8.31. The Morgan fingerprint density at radius 3 is 2.41 bits per heavy atom. The molecule has 0 bridgehead atoms. The van der Waals surface area contributed by atoms with Crippen molar-refractivity contribution < 1.29 is 0 Å². The Morgan fingerprint density at radius 2 is 1.76 bits per heavy atom. The molecule has 1 unspecified atom stereocenters.